The minimum Gasteiger partial charge on any atom is -0.445 e. The second kappa shape index (κ2) is 4.21. The maximum atomic E-state index is 5.82. The lowest BCUT2D eigenvalue weighted by atomic mass is 9.86. The van der Waals surface area contributed by atoms with E-state index in [2.05, 4.69) is 12.2 Å². The zero-order valence-corrected chi connectivity index (χ0v) is 9.96. The summed E-state index contributed by atoms with van der Waals surface area (Å²) in [6.45, 7) is 4.14. The van der Waals surface area contributed by atoms with Crippen molar-refractivity contribution in [1.29, 1.82) is 0 Å². The summed E-state index contributed by atoms with van der Waals surface area (Å²) in [7, 11) is 0. The molecule has 1 aliphatic carbocycles. The Balaban J connectivity index is 1.79. The smallest absolute Gasteiger partial charge is 0.200 e. The second-order valence-electron chi connectivity index (χ2n) is 5.18. The van der Waals surface area contributed by atoms with Crippen LogP contribution >= 0.6 is 0 Å². The summed E-state index contributed by atoms with van der Waals surface area (Å²) < 4.78 is 5.82. The third-order valence-corrected chi connectivity index (χ3v) is 3.97. The van der Waals surface area contributed by atoms with Crippen molar-refractivity contribution < 1.29 is 4.42 Å². The minimum absolute atomic E-state index is 0.524. The van der Waals surface area contributed by atoms with Crippen LogP contribution in [0.15, 0.2) is 4.42 Å². The highest BCUT2D eigenvalue weighted by Gasteiger charge is 2.28. The molecule has 2 aliphatic rings. The third-order valence-electron chi connectivity index (χ3n) is 3.97. The van der Waals surface area contributed by atoms with Gasteiger partial charge in [0.15, 0.2) is 5.89 Å². The number of nitrogens with one attached hydrogen (secondary N) is 1. The molecule has 1 aromatic heterocycles. The van der Waals surface area contributed by atoms with Gasteiger partial charge in [-0.1, -0.05) is 19.3 Å². The normalized spacial score (nSPS) is 23.3. The van der Waals surface area contributed by atoms with Gasteiger partial charge in [0, 0.05) is 19.0 Å². The molecule has 0 unspecified atom stereocenters. The predicted octanol–water partition coefficient (Wildman–Crippen LogP) is 2.72. The van der Waals surface area contributed by atoms with Crippen LogP contribution < -0.4 is 5.32 Å². The van der Waals surface area contributed by atoms with Crippen molar-refractivity contribution in [3.8, 4) is 0 Å². The maximum Gasteiger partial charge on any atom is 0.200 e. The third kappa shape index (κ3) is 1.77. The predicted molar refractivity (Wildman–Crippen MR) is 62.7 cm³/mol. The van der Waals surface area contributed by atoms with Crippen LogP contribution in [-0.4, -0.2) is 18.1 Å². The van der Waals surface area contributed by atoms with Gasteiger partial charge in [-0.25, -0.2) is 4.98 Å². The van der Waals surface area contributed by atoms with E-state index in [0.29, 0.717) is 11.8 Å². The van der Waals surface area contributed by atoms with Gasteiger partial charge in [-0.3, -0.25) is 0 Å². The molecule has 1 saturated carbocycles. The molecule has 0 aromatic carbocycles. The fourth-order valence-electron chi connectivity index (χ4n) is 2.82. The van der Waals surface area contributed by atoms with Crippen molar-refractivity contribution in [2.45, 2.75) is 50.9 Å². The average Bonchev–Trinajstić information content (AvgIpc) is 2.59. The van der Waals surface area contributed by atoms with Crippen LogP contribution in [0.4, 0.5) is 0 Å². The summed E-state index contributed by atoms with van der Waals surface area (Å²) in [5, 5.41) is 3.27. The van der Waals surface area contributed by atoms with E-state index < -0.39 is 0 Å². The molecule has 1 aliphatic heterocycles. The number of aromatic nitrogens is 1. The van der Waals surface area contributed by atoms with Crippen molar-refractivity contribution in [1.82, 2.24) is 10.3 Å². The molecule has 1 saturated heterocycles. The first kappa shape index (κ1) is 10.3. The van der Waals surface area contributed by atoms with Crippen molar-refractivity contribution >= 4 is 0 Å². The molecule has 1 aromatic rings. The van der Waals surface area contributed by atoms with E-state index in [1.165, 1.54) is 37.8 Å². The summed E-state index contributed by atoms with van der Waals surface area (Å²) in [4.78, 5) is 4.75. The Morgan fingerprint density at radius 3 is 2.50 bits per heavy atom. The number of hydrogen-bond donors (Lipinski definition) is 1. The average molecular weight is 220 g/mol. The fraction of sp³-hybridized carbons (Fsp3) is 0.769. The highest BCUT2D eigenvalue weighted by Crippen LogP contribution is 2.35. The highest BCUT2D eigenvalue weighted by atomic mass is 16.4. The lowest BCUT2D eigenvalue weighted by Gasteiger charge is -2.23. The van der Waals surface area contributed by atoms with Crippen molar-refractivity contribution in [3.63, 3.8) is 0 Å². The van der Waals surface area contributed by atoms with Gasteiger partial charge in [0.05, 0.1) is 11.6 Å². The standard InChI is InChI=1S/C13H20N2O/c1-9-12(10-5-3-2-4-6-10)15-13(16-9)11-7-14-8-11/h10-11,14H,2-8H2,1H3. The van der Waals surface area contributed by atoms with Gasteiger partial charge in [0.1, 0.15) is 5.76 Å². The quantitative estimate of drug-likeness (QED) is 0.832. The minimum atomic E-state index is 0.524. The number of rotatable bonds is 2. The van der Waals surface area contributed by atoms with Crippen LogP contribution in [-0.2, 0) is 0 Å². The van der Waals surface area contributed by atoms with Crippen molar-refractivity contribution in [2.75, 3.05) is 13.1 Å². The van der Waals surface area contributed by atoms with Gasteiger partial charge >= 0.3 is 0 Å². The number of nitrogens with zero attached hydrogens (tertiary/aromatic N) is 1. The molecule has 2 heterocycles. The maximum absolute atomic E-state index is 5.82. The molecule has 3 rings (SSSR count). The first-order chi connectivity index (χ1) is 7.84. The van der Waals surface area contributed by atoms with Gasteiger partial charge in [0.25, 0.3) is 0 Å². The first-order valence-corrected chi connectivity index (χ1v) is 6.52. The fourth-order valence-corrected chi connectivity index (χ4v) is 2.82. The van der Waals surface area contributed by atoms with Crippen molar-refractivity contribution in [3.05, 3.63) is 17.3 Å². The lowest BCUT2D eigenvalue weighted by molar-refractivity contribution is 0.350. The highest BCUT2D eigenvalue weighted by molar-refractivity contribution is 5.17. The molecule has 0 bridgehead atoms. The van der Waals surface area contributed by atoms with E-state index in [9.17, 15) is 0 Å². The monoisotopic (exact) mass is 220 g/mol. The molecule has 88 valence electrons. The van der Waals surface area contributed by atoms with Crippen LogP contribution in [0.3, 0.4) is 0 Å². The molecule has 3 heteroatoms. The molecule has 16 heavy (non-hydrogen) atoms. The Kier molecular flexibility index (Phi) is 2.72. The Hall–Kier alpha value is -0.830. The summed E-state index contributed by atoms with van der Waals surface area (Å²) in [5.74, 6) is 3.22. The summed E-state index contributed by atoms with van der Waals surface area (Å²) in [5.41, 5.74) is 1.25. The molecule has 1 N–H and O–H groups in total. The molecule has 0 atom stereocenters. The Labute approximate surface area is 96.6 Å². The zero-order valence-electron chi connectivity index (χ0n) is 9.96. The molecule has 3 nitrogen and oxygen atoms in total. The second-order valence-corrected chi connectivity index (χ2v) is 5.18. The number of aryl methyl sites for hydroxylation is 1. The largest absolute Gasteiger partial charge is 0.445 e. The van der Waals surface area contributed by atoms with E-state index >= 15 is 0 Å². The molecule has 0 radical (unpaired) electrons. The van der Waals surface area contributed by atoms with Crippen LogP contribution in [0.1, 0.15) is 61.3 Å². The topological polar surface area (TPSA) is 38.1 Å². The summed E-state index contributed by atoms with van der Waals surface area (Å²) in [6, 6.07) is 0. The number of hydrogen-bond acceptors (Lipinski definition) is 3. The SMILES string of the molecule is Cc1oc(C2CNC2)nc1C1CCCCC1. The van der Waals surface area contributed by atoms with Gasteiger partial charge in [-0.15, -0.1) is 0 Å². The molecular weight excluding hydrogens is 200 g/mol. The van der Waals surface area contributed by atoms with Gasteiger partial charge < -0.3 is 9.73 Å². The van der Waals surface area contributed by atoms with Crippen LogP contribution in [0, 0.1) is 6.92 Å². The van der Waals surface area contributed by atoms with Gasteiger partial charge in [0.2, 0.25) is 0 Å². The van der Waals surface area contributed by atoms with Crippen molar-refractivity contribution in [2.24, 2.45) is 0 Å². The Bertz CT molecular complexity index is 362. The molecular formula is C13H20N2O. The van der Waals surface area contributed by atoms with Gasteiger partial charge in [-0.2, -0.15) is 0 Å². The summed E-state index contributed by atoms with van der Waals surface area (Å²) in [6.07, 6.45) is 6.72. The Morgan fingerprint density at radius 2 is 1.88 bits per heavy atom. The Morgan fingerprint density at radius 1 is 1.12 bits per heavy atom. The van der Waals surface area contributed by atoms with E-state index in [-0.39, 0.29) is 0 Å². The summed E-state index contributed by atoms with van der Waals surface area (Å²) >= 11 is 0. The van der Waals surface area contributed by atoms with E-state index in [1.807, 2.05) is 0 Å². The lowest BCUT2D eigenvalue weighted by Crippen LogP contribution is -2.40. The van der Waals surface area contributed by atoms with Gasteiger partial charge in [-0.05, 0) is 19.8 Å². The van der Waals surface area contributed by atoms with Crippen LogP contribution in [0.2, 0.25) is 0 Å². The first-order valence-electron chi connectivity index (χ1n) is 6.52. The molecule has 0 amide bonds. The zero-order chi connectivity index (χ0) is 11.0. The van der Waals surface area contributed by atoms with E-state index in [4.69, 9.17) is 9.40 Å². The molecule has 2 fully saturated rings. The van der Waals surface area contributed by atoms with Crippen LogP contribution in [0.25, 0.3) is 0 Å². The van der Waals surface area contributed by atoms with E-state index in [0.717, 1.165) is 24.7 Å². The number of oxazole rings is 1. The van der Waals surface area contributed by atoms with E-state index in [1.54, 1.807) is 0 Å². The molecule has 0 spiro atoms. The van der Waals surface area contributed by atoms with Crippen LogP contribution in [0.5, 0.6) is 0 Å².